The Kier molecular flexibility index (Phi) is 3.52. The maximum absolute atomic E-state index is 8.58. The van der Waals surface area contributed by atoms with E-state index in [9.17, 15) is 0 Å². The Balaban J connectivity index is 2.57. The smallest absolute Gasteiger partial charge is 0.142 e. The Hall–Kier alpha value is -1.82. The van der Waals surface area contributed by atoms with Crippen molar-refractivity contribution in [2.75, 3.05) is 11.9 Å². The van der Waals surface area contributed by atoms with Crippen molar-refractivity contribution >= 4 is 5.69 Å². The van der Waals surface area contributed by atoms with Crippen molar-refractivity contribution in [2.45, 2.75) is 6.42 Å². The largest absolute Gasteiger partial charge is 0.385 e. The molecule has 0 radical (unpaired) electrons. The summed E-state index contributed by atoms with van der Waals surface area (Å²) in [5.41, 5.74) is 1.36. The van der Waals surface area contributed by atoms with E-state index in [2.05, 4.69) is 16.9 Å². The zero-order chi connectivity index (χ0) is 9.52. The molecule has 3 nitrogen and oxygen atoms in total. The third-order valence-electron chi connectivity index (χ3n) is 1.55. The number of aromatic nitrogens is 1. The van der Waals surface area contributed by atoms with Gasteiger partial charge in [0.05, 0.1) is 0 Å². The zero-order valence-electron chi connectivity index (χ0n) is 7.33. The first-order chi connectivity index (χ1) is 6.36. The maximum atomic E-state index is 8.58. The lowest BCUT2D eigenvalue weighted by atomic mass is 10.3. The lowest BCUT2D eigenvalue weighted by Crippen LogP contribution is -2.00. The molecule has 0 saturated heterocycles. The number of anilines is 1. The molecule has 1 heterocycles. The fraction of sp³-hybridized carbons (Fsp3) is 0.200. The molecule has 66 valence electrons. The van der Waals surface area contributed by atoms with Crippen molar-refractivity contribution in [3.63, 3.8) is 0 Å². The first-order valence-electron chi connectivity index (χ1n) is 4.07. The summed E-state index contributed by atoms with van der Waals surface area (Å²) < 4.78 is 0. The molecule has 0 aliphatic carbocycles. The molecule has 0 atom stereocenters. The lowest BCUT2D eigenvalue weighted by Gasteiger charge is -2.03. The van der Waals surface area contributed by atoms with Crippen molar-refractivity contribution in [3.8, 4) is 6.07 Å². The molecular weight excluding hydrogens is 162 g/mol. The highest BCUT2D eigenvalue weighted by atomic mass is 14.9. The van der Waals surface area contributed by atoms with Crippen LogP contribution in [0.4, 0.5) is 5.69 Å². The number of rotatable bonds is 4. The van der Waals surface area contributed by atoms with Gasteiger partial charge in [-0.3, -0.25) is 0 Å². The van der Waals surface area contributed by atoms with Crippen molar-refractivity contribution in [2.24, 2.45) is 0 Å². The first kappa shape index (κ1) is 9.27. The molecule has 1 aromatic rings. The van der Waals surface area contributed by atoms with Gasteiger partial charge < -0.3 is 5.32 Å². The molecule has 0 bridgehead atoms. The molecule has 0 aromatic carbocycles. The molecule has 3 heteroatoms. The summed E-state index contributed by atoms with van der Waals surface area (Å²) in [7, 11) is 0. The quantitative estimate of drug-likeness (QED) is 0.559. The standard InChI is InChI=1S/C10H11N3/c1-2-3-5-12-9-4-6-13-10(7-9)8-11/h2,4,6-7H,1,3,5H2,(H,12,13). The van der Waals surface area contributed by atoms with Crippen LogP contribution in [0.1, 0.15) is 12.1 Å². The Morgan fingerprint density at radius 3 is 3.23 bits per heavy atom. The molecule has 1 aromatic heterocycles. The molecule has 0 unspecified atom stereocenters. The summed E-state index contributed by atoms with van der Waals surface area (Å²) >= 11 is 0. The van der Waals surface area contributed by atoms with E-state index in [1.54, 1.807) is 12.3 Å². The average molecular weight is 173 g/mol. The van der Waals surface area contributed by atoms with E-state index < -0.39 is 0 Å². The molecule has 1 N–H and O–H groups in total. The minimum atomic E-state index is 0.434. The summed E-state index contributed by atoms with van der Waals surface area (Å²) in [6, 6.07) is 5.55. The van der Waals surface area contributed by atoms with E-state index in [4.69, 9.17) is 5.26 Å². The summed E-state index contributed by atoms with van der Waals surface area (Å²) in [6.45, 7) is 4.45. The fourth-order valence-electron chi connectivity index (χ4n) is 0.920. The van der Waals surface area contributed by atoms with Gasteiger partial charge in [-0.15, -0.1) is 6.58 Å². The number of pyridine rings is 1. The molecule has 0 saturated carbocycles. The number of hydrogen-bond acceptors (Lipinski definition) is 3. The van der Waals surface area contributed by atoms with Crippen LogP contribution >= 0.6 is 0 Å². The minimum Gasteiger partial charge on any atom is -0.385 e. The molecule has 0 spiro atoms. The van der Waals surface area contributed by atoms with Gasteiger partial charge >= 0.3 is 0 Å². The Morgan fingerprint density at radius 1 is 1.69 bits per heavy atom. The van der Waals surface area contributed by atoms with E-state index in [0.29, 0.717) is 5.69 Å². The topological polar surface area (TPSA) is 48.7 Å². The van der Waals surface area contributed by atoms with Crippen LogP contribution in [-0.4, -0.2) is 11.5 Å². The Morgan fingerprint density at radius 2 is 2.54 bits per heavy atom. The average Bonchev–Trinajstić information content (AvgIpc) is 2.19. The predicted molar refractivity (Wildman–Crippen MR) is 52.3 cm³/mol. The Bertz CT molecular complexity index is 325. The van der Waals surface area contributed by atoms with Crippen molar-refractivity contribution in [3.05, 3.63) is 36.7 Å². The van der Waals surface area contributed by atoms with Crippen LogP contribution < -0.4 is 5.32 Å². The van der Waals surface area contributed by atoms with Crippen LogP contribution in [0.25, 0.3) is 0 Å². The van der Waals surface area contributed by atoms with E-state index >= 15 is 0 Å². The highest BCUT2D eigenvalue weighted by Gasteiger charge is 1.93. The van der Waals surface area contributed by atoms with Gasteiger partial charge in [0.25, 0.3) is 0 Å². The van der Waals surface area contributed by atoms with Gasteiger partial charge in [-0.1, -0.05) is 6.08 Å². The van der Waals surface area contributed by atoms with Crippen molar-refractivity contribution in [1.82, 2.24) is 4.98 Å². The predicted octanol–water partition coefficient (Wildman–Crippen LogP) is 1.94. The molecule has 0 fully saturated rings. The van der Waals surface area contributed by atoms with Crippen LogP contribution in [0.2, 0.25) is 0 Å². The van der Waals surface area contributed by atoms with Crippen molar-refractivity contribution < 1.29 is 0 Å². The molecular formula is C10H11N3. The normalized spacial score (nSPS) is 8.85. The van der Waals surface area contributed by atoms with Crippen LogP contribution in [0.15, 0.2) is 31.0 Å². The third kappa shape index (κ3) is 2.96. The monoisotopic (exact) mass is 173 g/mol. The van der Waals surface area contributed by atoms with Crippen LogP contribution in [0.5, 0.6) is 0 Å². The number of nitrogens with one attached hydrogen (secondary N) is 1. The SMILES string of the molecule is C=CCCNc1ccnc(C#N)c1. The highest BCUT2D eigenvalue weighted by Crippen LogP contribution is 2.06. The van der Waals surface area contributed by atoms with E-state index in [0.717, 1.165) is 18.7 Å². The third-order valence-corrected chi connectivity index (χ3v) is 1.55. The second kappa shape index (κ2) is 4.94. The van der Waals surface area contributed by atoms with Gasteiger partial charge in [0.2, 0.25) is 0 Å². The Labute approximate surface area is 77.7 Å². The second-order valence-corrected chi connectivity index (χ2v) is 2.55. The van der Waals surface area contributed by atoms with Crippen LogP contribution in [-0.2, 0) is 0 Å². The number of nitriles is 1. The summed E-state index contributed by atoms with van der Waals surface area (Å²) in [4.78, 5) is 3.86. The van der Waals surface area contributed by atoms with Gasteiger partial charge in [-0.25, -0.2) is 4.98 Å². The van der Waals surface area contributed by atoms with E-state index in [1.807, 2.05) is 18.2 Å². The molecule has 1 rings (SSSR count). The van der Waals surface area contributed by atoms with Gasteiger partial charge in [-0.05, 0) is 18.6 Å². The van der Waals surface area contributed by atoms with Crippen LogP contribution in [0, 0.1) is 11.3 Å². The van der Waals surface area contributed by atoms with Crippen LogP contribution in [0.3, 0.4) is 0 Å². The highest BCUT2D eigenvalue weighted by molar-refractivity contribution is 5.45. The molecule has 0 aliphatic rings. The minimum absolute atomic E-state index is 0.434. The molecule has 13 heavy (non-hydrogen) atoms. The summed E-state index contributed by atoms with van der Waals surface area (Å²) in [5.74, 6) is 0. The lowest BCUT2D eigenvalue weighted by molar-refractivity contribution is 1.07. The van der Waals surface area contributed by atoms with Gasteiger partial charge in [-0.2, -0.15) is 5.26 Å². The van der Waals surface area contributed by atoms with Gasteiger partial charge in [0.15, 0.2) is 0 Å². The summed E-state index contributed by atoms with van der Waals surface area (Å²) in [5, 5.41) is 11.7. The molecule has 0 aliphatic heterocycles. The maximum Gasteiger partial charge on any atom is 0.142 e. The number of nitrogens with zero attached hydrogens (tertiary/aromatic N) is 2. The fourth-order valence-corrected chi connectivity index (χ4v) is 0.920. The van der Waals surface area contributed by atoms with Gasteiger partial charge in [0, 0.05) is 18.4 Å². The molecule has 0 amide bonds. The van der Waals surface area contributed by atoms with E-state index in [-0.39, 0.29) is 0 Å². The van der Waals surface area contributed by atoms with Gasteiger partial charge in [0.1, 0.15) is 11.8 Å². The summed E-state index contributed by atoms with van der Waals surface area (Å²) in [6.07, 6.45) is 4.37. The van der Waals surface area contributed by atoms with E-state index in [1.165, 1.54) is 0 Å². The second-order valence-electron chi connectivity index (χ2n) is 2.55. The number of hydrogen-bond donors (Lipinski definition) is 1. The zero-order valence-corrected chi connectivity index (χ0v) is 7.33. The van der Waals surface area contributed by atoms with Crippen molar-refractivity contribution in [1.29, 1.82) is 5.26 Å². The first-order valence-corrected chi connectivity index (χ1v) is 4.07.